The van der Waals surface area contributed by atoms with E-state index in [-0.39, 0.29) is 18.2 Å². The minimum atomic E-state index is 0.120. The van der Waals surface area contributed by atoms with Gasteiger partial charge in [0.05, 0.1) is 24.8 Å². The van der Waals surface area contributed by atoms with Crippen molar-refractivity contribution in [3.8, 4) is 5.75 Å². The van der Waals surface area contributed by atoms with E-state index in [1.807, 2.05) is 12.1 Å². The Morgan fingerprint density at radius 3 is 2.72 bits per heavy atom. The number of aromatic hydroxyl groups is 1. The van der Waals surface area contributed by atoms with Crippen LogP contribution in [0.3, 0.4) is 0 Å². The third-order valence-corrected chi connectivity index (χ3v) is 6.08. The van der Waals surface area contributed by atoms with Crippen LogP contribution in [0.2, 0.25) is 0 Å². The molecule has 3 saturated heterocycles. The number of phenols is 1. The van der Waals surface area contributed by atoms with Gasteiger partial charge >= 0.3 is 0 Å². The van der Waals surface area contributed by atoms with Crippen LogP contribution in [0.1, 0.15) is 32.3 Å². The van der Waals surface area contributed by atoms with Gasteiger partial charge < -0.3 is 14.7 Å². The maximum atomic E-state index is 12.6. The monoisotopic (exact) mass is 344 g/mol. The Bertz CT molecular complexity index is 622. The highest BCUT2D eigenvalue weighted by Crippen LogP contribution is 2.38. The van der Waals surface area contributed by atoms with Crippen LogP contribution in [0.4, 0.5) is 0 Å². The summed E-state index contributed by atoms with van der Waals surface area (Å²) in [5.74, 6) is 1.55. The van der Waals surface area contributed by atoms with Gasteiger partial charge in [0.2, 0.25) is 5.91 Å². The molecular weight excluding hydrogens is 316 g/mol. The number of piperidine rings is 2. The van der Waals surface area contributed by atoms with Gasteiger partial charge in [0.1, 0.15) is 5.75 Å². The Morgan fingerprint density at radius 2 is 2.00 bits per heavy atom. The molecule has 3 aliphatic heterocycles. The lowest BCUT2D eigenvalue weighted by atomic mass is 9.78. The van der Waals surface area contributed by atoms with Crippen molar-refractivity contribution in [3.05, 3.63) is 29.8 Å². The van der Waals surface area contributed by atoms with E-state index in [0.717, 1.165) is 26.1 Å². The predicted molar refractivity (Wildman–Crippen MR) is 95.1 cm³/mol. The van der Waals surface area contributed by atoms with Gasteiger partial charge in [0.15, 0.2) is 0 Å². The molecule has 0 aliphatic carbocycles. The molecule has 25 heavy (non-hydrogen) atoms. The second-order valence-corrected chi connectivity index (χ2v) is 8.13. The second kappa shape index (κ2) is 6.61. The number of nitrogens with zero attached hydrogens (tertiary/aromatic N) is 2. The molecule has 3 fully saturated rings. The van der Waals surface area contributed by atoms with E-state index in [1.54, 1.807) is 12.1 Å². The smallest absolute Gasteiger partial charge is 0.223 e. The molecule has 3 aliphatic rings. The topological polar surface area (TPSA) is 53.0 Å². The molecule has 4 rings (SSSR count). The van der Waals surface area contributed by atoms with Gasteiger partial charge in [-0.05, 0) is 36.0 Å². The third kappa shape index (κ3) is 3.15. The average Bonchev–Trinajstić information content (AvgIpc) is 2.59. The number of benzene rings is 1. The van der Waals surface area contributed by atoms with Crippen LogP contribution in [-0.2, 0) is 16.1 Å². The van der Waals surface area contributed by atoms with Crippen LogP contribution in [0.15, 0.2) is 24.3 Å². The molecule has 2 unspecified atom stereocenters. The molecule has 4 atom stereocenters. The molecule has 3 heterocycles. The Morgan fingerprint density at radius 1 is 1.24 bits per heavy atom. The Hall–Kier alpha value is -1.59. The Labute approximate surface area is 149 Å². The highest BCUT2D eigenvalue weighted by atomic mass is 16.5. The number of carbonyl (C=O) groups excluding carboxylic acids is 1. The van der Waals surface area contributed by atoms with Gasteiger partial charge in [-0.2, -0.15) is 0 Å². The first kappa shape index (κ1) is 16.9. The van der Waals surface area contributed by atoms with Crippen LogP contribution in [0.5, 0.6) is 5.75 Å². The van der Waals surface area contributed by atoms with Crippen LogP contribution >= 0.6 is 0 Å². The van der Waals surface area contributed by atoms with E-state index in [9.17, 15) is 9.90 Å². The number of hydrogen-bond donors (Lipinski definition) is 1. The van der Waals surface area contributed by atoms with Crippen molar-refractivity contribution >= 4 is 5.91 Å². The Kier molecular flexibility index (Phi) is 4.46. The molecule has 1 N–H and O–H groups in total. The summed E-state index contributed by atoms with van der Waals surface area (Å²) in [4.78, 5) is 17.2. The van der Waals surface area contributed by atoms with E-state index in [2.05, 4.69) is 23.6 Å². The van der Waals surface area contributed by atoms with Crippen molar-refractivity contribution in [1.29, 1.82) is 0 Å². The maximum absolute atomic E-state index is 12.6. The number of ether oxygens (including phenoxy) is 1. The molecule has 1 aromatic rings. The lowest BCUT2D eigenvalue weighted by Crippen LogP contribution is -2.70. The van der Waals surface area contributed by atoms with Gasteiger partial charge in [0, 0.05) is 26.1 Å². The van der Waals surface area contributed by atoms with Crippen molar-refractivity contribution in [3.63, 3.8) is 0 Å². The van der Waals surface area contributed by atoms with Crippen molar-refractivity contribution in [2.75, 3.05) is 19.7 Å². The second-order valence-electron chi connectivity index (χ2n) is 8.13. The van der Waals surface area contributed by atoms with Crippen molar-refractivity contribution in [1.82, 2.24) is 9.80 Å². The predicted octanol–water partition coefficient (Wildman–Crippen LogP) is 2.24. The Balaban J connectivity index is 1.51. The first-order valence-electron chi connectivity index (χ1n) is 9.46. The zero-order valence-corrected chi connectivity index (χ0v) is 15.1. The van der Waals surface area contributed by atoms with E-state index in [4.69, 9.17) is 4.74 Å². The average molecular weight is 344 g/mol. The number of amides is 1. The molecule has 0 bridgehead atoms. The quantitative estimate of drug-likeness (QED) is 0.914. The summed E-state index contributed by atoms with van der Waals surface area (Å²) in [6.07, 6.45) is 1.76. The fourth-order valence-corrected chi connectivity index (χ4v) is 4.81. The summed E-state index contributed by atoms with van der Waals surface area (Å²) in [6.45, 7) is 7.78. The first-order valence-corrected chi connectivity index (χ1v) is 9.46. The van der Waals surface area contributed by atoms with Gasteiger partial charge in [-0.25, -0.2) is 0 Å². The standard InChI is InChI=1S/C20H28N2O3/c1-13(2)17-12-25-18-11-21(9-14-3-6-16(23)7-4-14)10-15-5-8-19(24)22(17)20(15)18/h3-4,6-7,13,15,17-18,20,23H,5,8-12H2,1-2H3/t15-,17-,18?,20?/m1/s1. The van der Waals surface area contributed by atoms with Crippen LogP contribution in [0.25, 0.3) is 0 Å². The summed E-state index contributed by atoms with van der Waals surface area (Å²) < 4.78 is 6.25. The lowest BCUT2D eigenvalue weighted by Gasteiger charge is -2.56. The fraction of sp³-hybridized carbons (Fsp3) is 0.650. The lowest BCUT2D eigenvalue weighted by molar-refractivity contribution is -0.187. The van der Waals surface area contributed by atoms with E-state index < -0.39 is 0 Å². The van der Waals surface area contributed by atoms with Gasteiger partial charge in [-0.1, -0.05) is 26.0 Å². The molecule has 0 radical (unpaired) electrons. The molecule has 5 heteroatoms. The van der Waals surface area contributed by atoms with Crippen molar-refractivity contribution in [2.24, 2.45) is 11.8 Å². The van der Waals surface area contributed by atoms with Crippen LogP contribution < -0.4 is 0 Å². The maximum Gasteiger partial charge on any atom is 0.223 e. The van der Waals surface area contributed by atoms with E-state index in [1.165, 1.54) is 5.56 Å². The highest BCUT2D eigenvalue weighted by molar-refractivity contribution is 5.78. The highest BCUT2D eigenvalue weighted by Gasteiger charge is 2.50. The molecule has 0 saturated carbocycles. The summed E-state index contributed by atoms with van der Waals surface area (Å²) >= 11 is 0. The SMILES string of the molecule is CC(C)[C@H]1COC2CN(Cc3ccc(O)cc3)C[C@H]3CCC(=O)N1C23. The number of morpholine rings is 1. The number of rotatable bonds is 3. The summed E-state index contributed by atoms with van der Waals surface area (Å²) in [6, 6.07) is 7.92. The molecule has 0 aromatic heterocycles. The molecule has 0 spiro atoms. The molecule has 5 nitrogen and oxygen atoms in total. The summed E-state index contributed by atoms with van der Waals surface area (Å²) in [5, 5.41) is 9.46. The number of likely N-dealkylation sites (tertiary alicyclic amines) is 1. The normalized spacial score (nSPS) is 32.8. The molecular formula is C20H28N2O3. The van der Waals surface area contributed by atoms with Gasteiger partial charge in [0.25, 0.3) is 0 Å². The molecule has 1 amide bonds. The number of carbonyl (C=O) groups is 1. The molecule has 136 valence electrons. The summed E-state index contributed by atoms with van der Waals surface area (Å²) in [7, 11) is 0. The van der Waals surface area contributed by atoms with Crippen LogP contribution in [-0.4, -0.2) is 58.7 Å². The zero-order valence-electron chi connectivity index (χ0n) is 15.1. The molecule has 1 aromatic carbocycles. The van der Waals surface area contributed by atoms with Crippen molar-refractivity contribution in [2.45, 2.75) is 51.4 Å². The number of hydrogen-bond acceptors (Lipinski definition) is 4. The van der Waals surface area contributed by atoms with E-state index in [0.29, 0.717) is 36.5 Å². The van der Waals surface area contributed by atoms with Gasteiger partial charge in [-0.3, -0.25) is 9.69 Å². The fourth-order valence-electron chi connectivity index (χ4n) is 4.81. The zero-order chi connectivity index (χ0) is 17.6. The minimum absolute atomic E-state index is 0.120. The number of phenolic OH excluding ortho intramolecular Hbond substituents is 1. The first-order chi connectivity index (χ1) is 12.0. The largest absolute Gasteiger partial charge is 0.508 e. The van der Waals surface area contributed by atoms with Crippen LogP contribution in [0, 0.1) is 11.8 Å². The third-order valence-electron chi connectivity index (χ3n) is 6.08. The van der Waals surface area contributed by atoms with E-state index >= 15 is 0 Å². The summed E-state index contributed by atoms with van der Waals surface area (Å²) in [5.41, 5.74) is 1.20. The van der Waals surface area contributed by atoms with Gasteiger partial charge in [-0.15, -0.1) is 0 Å². The minimum Gasteiger partial charge on any atom is -0.508 e. The van der Waals surface area contributed by atoms with Crippen molar-refractivity contribution < 1.29 is 14.6 Å².